The van der Waals surface area contributed by atoms with Crippen LogP contribution in [0.3, 0.4) is 0 Å². The topological polar surface area (TPSA) is 18.5 Å². The van der Waals surface area contributed by atoms with E-state index in [4.69, 9.17) is 9.47 Å². The zero-order valence-electron chi connectivity index (χ0n) is 9.51. The van der Waals surface area contributed by atoms with Crippen LogP contribution in [0, 0.1) is 0 Å². The van der Waals surface area contributed by atoms with Crippen molar-refractivity contribution in [3.63, 3.8) is 0 Å². The Hall–Kier alpha value is -0.860. The first-order chi connectivity index (χ1) is 7.35. The number of aryl methyl sites for hydroxylation is 2. The van der Waals surface area contributed by atoms with Gasteiger partial charge < -0.3 is 9.47 Å². The first-order valence-corrected chi connectivity index (χ1v) is 5.46. The average Bonchev–Trinajstić information content (AvgIpc) is 2.66. The van der Waals surface area contributed by atoms with Crippen LogP contribution in [-0.4, -0.2) is 14.2 Å². The third-order valence-electron chi connectivity index (χ3n) is 3.01. The van der Waals surface area contributed by atoms with Crippen LogP contribution >= 0.6 is 0 Å². The number of hydrogen-bond donors (Lipinski definition) is 0. The van der Waals surface area contributed by atoms with E-state index in [1.807, 2.05) is 0 Å². The second-order valence-corrected chi connectivity index (χ2v) is 4.11. The molecule has 1 aliphatic rings. The Balaban J connectivity index is 2.33. The van der Waals surface area contributed by atoms with Crippen molar-refractivity contribution in [1.29, 1.82) is 0 Å². The van der Waals surface area contributed by atoms with Gasteiger partial charge in [-0.25, -0.2) is 0 Å². The fourth-order valence-electron chi connectivity index (χ4n) is 2.31. The van der Waals surface area contributed by atoms with E-state index in [2.05, 4.69) is 12.1 Å². The molecule has 0 N–H and O–H groups in total. The lowest BCUT2D eigenvalue weighted by Crippen LogP contribution is -2.00. The highest BCUT2D eigenvalue weighted by Crippen LogP contribution is 2.26. The summed E-state index contributed by atoms with van der Waals surface area (Å²) in [5, 5.41) is 0. The molecule has 0 fully saturated rings. The maximum Gasteiger partial charge on any atom is 0.0716 e. The molecule has 0 unspecified atom stereocenters. The summed E-state index contributed by atoms with van der Waals surface area (Å²) < 4.78 is 10.4. The first-order valence-electron chi connectivity index (χ1n) is 5.46. The Morgan fingerprint density at radius 2 is 1.40 bits per heavy atom. The van der Waals surface area contributed by atoms with Crippen LogP contribution in [0.1, 0.15) is 28.7 Å². The highest BCUT2D eigenvalue weighted by Gasteiger charge is 2.14. The SMILES string of the molecule is COCc1cc2c(cc1COC)CCC2. The Bertz CT molecular complexity index is 312. The summed E-state index contributed by atoms with van der Waals surface area (Å²) in [6.07, 6.45) is 3.73. The van der Waals surface area contributed by atoms with E-state index in [1.165, 1.54) is 41.5 Å². The Labute approximate surface area is 91.2 Å². The van der Waals surface area contributed by atoms with Crippen LogP contribution < -0.4 is 0 Å². The van der Waals surface area contributed by atoms with Gasteiger partial charge in [0.15, 0.2) is 0 Å². The fraction of sp³-hybridized carbons (Fsp3) is 0.538. The van der Waals surface area contributed by atoms with Crippen molar-refractivity contribution in [2.24, 2.45) is 0 Å². The third-order valence-corrected chi connectivity index (χ3v) is 3.01. The van der Waals surface area contributed by atoms with Gasteiger partial charge in [0.25, 0.3) is 0 Å². The number of rotatable bonds is 4. The fourth-order valence-corrected chi connectivity index (χ4v) is 2.31. The van der Waals surface area contributed by atoms with Crippen molar-refractivity contribution >= 4 is 0 Å². The van der Waals surface area contributed by atoms with Crippen molar-refractivity contribution in [2.75, 3.05) is 14.2 Å². The van der Waals surface area contributed by atoms with Crippen molar-refractivity contribution in [3.8, 4) is 0 Å². The molecule has 0 aromatic heterocycles. The van der Waals surface area contributed by atoms with Crippen LogP contribution in [0.2, 0.25) is 0 Å². The lowest BCUT2D eigenvalue weighted by molar-refractivity contribution is 0.168. The van der Waals surface area contributed by atoms with E-state index in [0.29, 0.717) is 13.2 Å². The number of hydrogen-bond acceptors (Lipinski definition) is 2. The zero-order valence-corrected chi connectivity index (χ0v) is 9.51. The molecule has 2 heteroatoms. The van der Waals surface area contributed by atoms with Gasteiger partial charge in [-0.2, -0.15) is 0 Å². The maximum absolute atomic E-state index is 5.22. The molecule has 0 radical (unpaired) electrons. The monoisotopic (exact) mass is 206 g/mol. The van der Waals surface area contributed by atoms with Crippen molar-refractivity contribution in [1.82, 2.24) is 0 Å². The van der Waals surface area contributed by atoms with Crippen LogP contribution in [0.15, 0.2) is 12.1 Å². The minimum Gasteiger partial charge on any atom is -0.380 e. The van der Waals surface area contributed by atoms with E-state index in [9.17, 15) is 0 Å². The molecule has 2 nitrogen and oxygen atoms in total. The number of benzene rings is 1. The van der Waals surface area contributed by atoms with Gasteiger partial charge in [-0.3, -0.25) is 0 Å². The molecule has 0 bridgehead atoms. The summed E-state index contributed by atoms with van der Waals surface area (Å²) in [6, 6.07) is 4.58. The molecule has 0 amide bonds. The molecule has 2 rings (SSSR count). The Morgan fingerprint density at radius 3 is 1.80 bits per heavy atom. The summed E-state index contributed by atoms with van der Waals surface area (Å²) in [4.78, 5) is 0. The second kappa shape index (κ2) is 4.77. The minimum atomic E-state index is 0.686. The summed E-state index contributed by atoms with van der Waals surface area (Å²) in [5.41, 5.74) is 5.56. The van der Waals surface area contributed by atoms with Crippen LogP contribution in [-0.2, 0) is 35.5 Å². The molecule has 15 heavy (non-hydrogen) atoms. The van der Waals surface area contributed by atoms with Crippen molar-refractivity contribution in [3.05, 3.63) is 34.4 Å². The molecule has 0 atom stereocenters. The molecule has 1 aliphatic carbocycles. The molecule has 1 aromatic carbocycles. The standard InChI is InChI=1S/C13H18O2/c1-14-8-12-6-10-4-3-5-11(10)7-13(12)9-15-2/h6-7H,3-5,8-9H2,1-2H3. The van der Waals surface area contributed by atoms with Gasteiger partial charge in [0, 0.05) is 14.2 Å². The summed E-state index contributed by atoms with van der Waals surface area (Å²) in [5.74, 6) is 0. The van der Waals surface area contributed by atoms with E-state index in [0.717, 1.165) is 0 Å². The smallest absolute Gasteiger partial charge is 0.0716 e. The minimum absolute atomic E-state index is 0.686. The highest BCUT2D eigenvalue weighted by molar-refractivity contribution is 5.40. The van der Waals surface area contributed by atoms with Gasteiger partial charge in [-0.1, -0.05) is 12.1 Å². The van der Waals surface area contributed by atoms with E-state index >= 15 is 0 Å². The highest BCUT2D eigenvalue weighted by atomic mass is 16.5. The molecule has 0 saturated carbocycles. The summed E-state index contributed by atoms with van der Waals surface area (Å²) in [7, 11) is 3.48. The summed E-state index contributed by atoms with van der Waals surface area (Å²) >= 11 is 0. The van der Waals surface area contributed by atoms with Gasteiger partial charge >= 0.3 is 0 Å². The van der Waals surface area contributed by atoms with E-state index < -0.39 is 0 Å². The molecule has 0 saturated heterocycles. The average molecular weight is 206 g/mol. The number of ether oxygens (including phenoxy) is 2. The summed E-state index contributed by atoms with van der Waals surface area (Å²) in [6.45, 7) is 1.37. The van der Waals surface area contributed by atoms with Gasteiger partial charge in [0.2, 0.25) is 0 Å². The normalized spacial score (nSPS) is 14.3. The van der Waals surface area contributed by atoms with Crippen molar-refractivity contribution < 1.29 is 9.47 Å². The molecular weight excluding hydrogens is 188 g/mol. The lowest BCUT2D eigenvalue weighted by Gasteiger charge is -2.11. The Morgan fingerprint density at radius 1 is 0.933 bits per heavy atom. The molecule has 1 aromatic rings. The molecule has 0 heterocycles. The predicted molar refractivity (Wildman–Crippen MR) is 59.9 cm³/mol. The zero-order chi connectivity index (χ0) is 10.7. The van der Waals surface area contributed by atoms with Crippen molar-refractivity contribution in [2.45, 2.75) is 32.5 Å². The van der Waals surface area contributed by atoms with Gasteiger partial charge in [0.1, 0.15) is 0 Å². The Kier molecular flexibility index (Phi) is 3.39. The van der Waals surface area contributed by atoms with Crippen LogP contribution in [0.5, 0.6) is 0 Å². The van der Waals surface area contributed by atoms with Gasteiger partial charge in [0.05, 0.1) is 13.2 Å². The molecular formula is C13H18O2. The van der Waals surface area contributed by atoms with Crippen LogP contribution in [0.25, 0.3) is 0 Å². The maximum atomic E-state index is 5.22. The third kappa shape index (κ3) is 2.21. The molecule has 0 aliphatic heterocycles. The first kappa shape index (κ1) is 10.7. The quantitative estimate of drug-likeness (QED) is 0.753. The van der Waals surface area contributed by atoms with E-state index in [1.54, 1.807) is 14.2 Å². The van der Waals surface area contributed by atoms with Gasteiger partial charge in [-0.15, -0.1) is 0 Å². The molecule has 82 valence electrons. The predicted octanol–water partition coefficient (Wildman–Crippen LogP) is 2.47. The van der Waals surface area contributed by atoms with E-state index in [-0.39, 0.29) is 0 Å². The largest absolute Gasteiger partial charge is 0.380 e. The number of methoxy groups -OCH3 is 2. The number of fused-ring (bicyclic) bond motifs is 1. The van der Waals surface area contributed by atoms with Crippen LogP contribution in [0.4, 0.5) is 0 Å². The second-order valence-electron chi connectivity index (χ2n) is 4.11. The lowest BCUT2D eigenvalue weighted by atomic mass is 10.0. The van der Waals surface area contributed by atoms with Gasteiger partial charge in [-0.05, 0) is 41.5 Å². The molecule has 0 spiro atoms.